The minimum atomic E-state index is -0.465. The number of urea groups is 1. The molecule has 3 amide bonds. The highest BCUT2D eigenvalue weighted by Crippen LogP contribution is 2.32. The van der Waals surface area contributed by atoms with Crippen LogP contribution in [0.4, 0.5) is 27.5 Å². The van der Waals surface area contributed by atoms with Crippen LogP contribution in [0.5, 0.6) is 0 Å². The molecule has 0 saturated carbocycles. The molecule has 146 valence electrons. The maximum atomic E-state index is 12.6. The predicted molar refractivity (Wildman–Crippen MR) is 107 cm³/mol. The molecule has 28 heavy (non-hydrogen) atoms. The number of carbonyl (C=O) groups excluding carboxylic acids is 2. The van der Waals surface area contributed by atoms with Crippen molar-refractivity contribution in [2.24, 2.45) is 0 Å². The van der Waals surface area contributed by atoms with Gasteiger partial charge < -0.3 is 20.9 Å². The fourth-order valence-electron chi connectivity index (χ4n) is 3.11. The molecule has 9 heteroatoms. The van der Waals surface area contributed by atoms with Crippen molar-refractivity contribution in [3.63, 3.8) is 0 Å². The Bertz CT molecular complexity index is 909. The molecule has 9 nitrogen and oxygen atoms in total. The van der Waals surface area contributed by atoms with E-state index in [1.54, 1.807) is 36.4 Å². The van der Waals surface area contributed by atoms with Gasteiger partial charge in [0, 0.05) is 43.1 Å². The lowest BCUT2D eigenvalue weighted by Crippen LogP contribution is -2.24. The molecule has 2 aromatic carbocycles. The molecule has 1 aliphatic heterocycles. The predicted octanol–water partition coefficient (Wildman–Crippen LogP) is 3.20. The third-order valence-electron chi connectivity index (χ3n) is 4.49. The maximum Gasteiger partial charge on any atom is 0.318 e. The van der Waals surface area contributed by atoms with Crippen LogP contribution in [0.25, 0.3) is 0 Å². The molecule has 1 saturated heterocycles. The van der Waals surface area contributed by atoms with Gasteiger partial charge >= 0.3 is 6.03 Å². The fourth-order valence-corrected chi connectivity index (χ4v) is 3.11. The van der Waals surface area contributed by atoms with Crippen molar-refractivity contribution < 1.29 is 14.5 Å². The molecule has 1 fully saturated rings. The van der Waals surface area contributed by atoms with Crippen molar-refractivity contribution in [3.05, 3.63) is 58.1 Å². The van der Waals surface area contributed by atoms with Gasteiger partial charge in [0.25, 0.3) is 11.6 Å². The summed E-state index contributed by atoms with van der Waals surface area (Å²) in [7, 11) is 1.50. The SMILES string of the molecule is CNC(=O)Nc1cccc(NC(=O)c2ccc(N3CCCC3)c([N+](=O)[O-])c2)c1. The number of nitrogens with one attached hydrogen (secondary N) is 3. The summed E-state index contributed by atoms with van der Waals surface area (Å²) in [6, 6.07) is 10.8. The number of amides is 3. The van der Waals surface area contributed by atoms with Crippen LogP contribution in [-0.2, 0) is 0 Å². The summed E-state index contributed by atoms with van der Waals surface area (Å²) >= 11 is 0. The number of rotatable bonds is 5. The number of benzene rings is 2. The highest BCUT2D eigenvalue weighted by molar-refractivity contribution is 6.05. The molecule has 2 aromatic rings. The number of hydrogen-bond acceptors (Lipinski definition) is 5. The zero-order chi connectivity index (χ0) is 20.1. The van der Waals surface area contributed by atoms with E-state index in [0.29, 0.717) is 17.1 Å². The molecule has 0 aliphatic carbocycles. The Morgan fingerprint density at radius 2 is 1.71 bits per heavy atom. The zero-order valence-corrected chi connectivity index (χ0v) is 15.4. The molecule has 0 bridgehead atoms. The van der Waals surface area contributed by atoms with Crippen molar-refractivity contribution in [3.8, 4) is 0 Å². The summed E-state index contributed by atoms with van der Waals surface area (Å²) in [6.45, 7) is 1.55. The lowest BCUT2D eigenvalue weighted by atomic mass is 10.1. The van der Waals surface area contributed by atoms with E-state index in [1.165, 1.54) is 13.1 Å². The summed E-state index contributed by atoms with van der Waals surface area (Å²) in [5.41, 5.74) is 1.62. The van der Waals surface area contributed by atoms with Crippen molar-refractivity contribution in [1.29, 1.82) is 0 Å². The Morgan fingerprint density at radius 1 is 1.04 bits per heavy atom. The molecule has 3 rings (SSSR count). The van der Waals surface area contributed by atoms with E-state index in [-0.39, 0.29) is 17.3 Å². The molecule has 0 unspecified atom stereocenters. The average molecular weight is 383 g/mol. The van der Waals surface area contributed by atoms with Crippen molar-refractivity contribution in [2.75, 3.05) is 35.7 Å². The van der Waals surface area contributed by atoms with Gasteiger partial charge in [0.15, 0.2) is 0 Å². The van der Waals surface area contributed by atoms with Crippen LogP contribution >= 0.6 is 0 Å². The van der Waals surface area contributed by atoms with Crippen LogP contribution in [0, 0.1) is 10.1 Å². The quantitative estimate of drug-likeness (QED) is 0.541. The third-order valence-corrected chi connectivity index (χ3v) is 4.49. The summed E-state index contributed by atoms with van der Waals surface area (Å²) < 4.78 is 0. The van der Waals surface area contributed by atoms with Crippen molar-refractivity contribution in [1.82, 2.24) is 5.32 Å². The Morgan fingerprint density at radius 3 is 2.36 bits per heavy atom. The average Bonchev–Trinajstić information content (AvgIpc) is 3.22. The minimum absolute atomic E-state index is 0.0791. The highest BCUT2D eigenvalue weighted by atomic mass is 16.6. The van der Waals surface area contributed by atoms with Gasteiger partial charge in [-0.2, -0.15) is 0 Å². The van der Waals surface area contributed by atoms with Crippen LogP contribution in [0.2, 0.25) is 0 Å². The fraction of sp³-hybridized carbons (Fsp3) is 0.263. The highest BCUT2D eigenvalue weighted by Gasteiger charge is 2.23. The van der Waals surface area contributed by atoms with Gasteiger partial charge in [-0.3, -0.25) is 14.9 Å². The largest absolute Gasteiger partial charge is 0.366 e. The maximum absolute atomic E-state index is 12.6. The van der Waals surface area contributed by atoms with Gasteiger partial charge in [-0.1, -0.05) is 6.07 Å². The van der Waals surface area contributed by atoms with Crippen LogP contribution in [0.1, 0.15) is 23.2 Å². The molecule has 1 aliphatic rings. The first-order valence-corrected chi connectivity index (χ1v) is 8.91. The smallest absolute Gasteiger partial charge is 0.318 e. The molecular formula is C19H21N5O4. The summed E-state index contributed by atoms with van der Waals surface area (Å²) in [6.07, 6.45) is 2.00. The Kier molecular flexibility index (Phi) is 5.73. The van der Waals surface area contributed by atoms with Gasteiger partial charge in [-0.25, -0.2) is 4.79 Å². The summed E-state index contributed by atoms with van der Waals surface area (Å²) in [5, 5.41) is 19.2. The molecule has 0 spiro atoms. The number of carbonyl (C=O) groups is 2. The van der Waals surface area contributed by atoms with Gasteiger partial charge in [-0.05, 0) is 43.2 Å². The summed E-state index contributed by atoms with van der Waals surface area (Å²) in [4.78, 5) is 37.0. The van der Waals surface area contributed by atoms with Crippen molar-refractivity contribution in [2.45, 2.75) is 12.8 Å². The number of nitro benzene ring substituents is 1. The van der Waals surface area contributed by atoms with Crippen LogP contribution in [-0.4, -0.2) is 37.0 Å². The third kappa shape index (κ3) is 4.37. The first-order chi connectivity index (χ1) is 13.5. The molecular weight excluding hydrogens is 362 g/mol. The first-order valence-electron chi connectivity index (χ1n) is 8.91. The van der Waals surface area contributed by atoms with Crippen LogP contribution in [0.15, 0.2) is 42.5 Å². The van der Waals surface area contributed by atoms with E-state index in [1.807, 2.05) is 4.90 Å². The topological polar surface area (TPSA) is 117 Å². The second-order valence-corrected chi connectivity index (χ2v) is 6.39. The van der Waals surface area contributed by atoms with E-state index in [0.717, 1.165) is 25.9 Å². The van der Waals surface area contributed by atoms with Gasteiger partial charge in [0.05, 0.1) is 4.92 Å². The molecule has 0 aromatic heterocycles. The van der Waals surface area contributed by atoms with E-state index >= 15 is 0 Å². The number of anilines is 3. The van der Waals surface area contributed by atoms with Gasteiger partial charge in [0.2, 0.25) is 0 Å². The zero-order valence-electron chi connectivity index (χ0n) is 15.4. The molecule has 1 heterocycles. The monoisotopic (exact) mass is 383 g/mol. The standard InChI is InChI=1S/C19H21N5O4/c1-20-19(26)22-15-6-4-5-14(12-15)21-18(25)13-7-8-16(17(11-13)24(27)28)23-9-2-3-10-23/h4-8,11-12H,2-3,9-10H2,1H3,(H,21,25)(H2,20,22,26). The normalized spacial score (nSPS) is 13.1. The van der Waals surface area contributed by atoms with Gasteiger partial charge in [-0.15, -0.1) is 0 Å². The van der Waals surface area contributed by atoms with E-state index in [9.17, 15) is 19.7 Å². The summed E-state index contributed by atoms with van der Waals surface area (Å²) in [5.74, 6) is -0.465. The lowest BCUT2D eigenvalue weighted by Gasteiger charge is -2.17. The van der Waals surface area contributed by atoms with E-state index in [4.69, 9.17) is 0 Å². The van der Waals surface area contributed by atoms with Gasteiger partial charge in [0.1, 0.15) is 5.69 Å². The number of nitrogens with zero attached hydrogens (tertiary/aromatic N) is 2. The number of hydrogen-bond donors (Lipinski definition) is 3. The molecule has 0 radical (unpaired) electrons. The lowest BCUT2D eigenvalue weighted by molar-refractivity contribution is -0.384. The molecule has 0 atom stereocenters. The Balaban J connectivity index is 1.79. The number of nitro groups is 1. The minimum Gasteiger partial charge on any atom is -0.366 e. The Labute approximate surface area is 161 Å². The van der Waals surface area contributed by atoms with Crippen LogP contribution < -0.4 is 20.9 Å². The van der Waals surface area contributed by atoms with E-state index < -0.39 is 10.8 Å². The Hall–Kier alpha value is -3.62. The van der Waals surface area contributed by atoms with Crippen molar-refractivity contribution >= 4 is 34.7 Å². The van der Waals surface area contributed by atoms with Crippen LogP contribution in [0.3, 0.4) is 0 Å². The second-order valence-electron chi connectivity index (χ2n) is 6.39. The second kappa shape index (κ2) is 8.38. The molecule has 3 N–H and O–H groups in total. The first kappa shape index (κ1) is 19.2. The van der Waals surface area contributed by atoms with E-state index in [2.05, 4.69) is 16.0 Å².